The predicted molar refractivity (Wildman–Crippen MR) is 122 cm³/mol. The molecule has 3 aromatic carbocycles. The van der Waals surface area contributed by atoms with Gasteiger partial charge in [-0.1, -0.05) is 45.2 Å². The van der Waals surface area contributed by atoms with E-state index >= 15 is 0 Å². The summed E-state index contributed by atoms with van der Waals surface area (Å²) >= 11 is 15.6. The number of carboxylic acid groups (broad SMARTS) is 1. The molecule has 0 saturated heterocycles. The lowest BCUT2D eigenvalue weighted by Gasteiger charge is -2.16. The van der Waals surface area contributed by atoms with Crippen molar-refractivity contribution in [2.24, 2.45) is 0 Å². The lowest BCUT2D eigenvalue weighted by atomic mass is 10.1. The maximum atomic E-state index is 14.0. The highest BCUT2D eigenvalue weighted by molar-refractivity contribution is 9.10. The Morgan fingerprint density at radius 3 is 2.55 bits per heavy atom. The second-order valence-corrected chi connectivity index (χ2v) is 8.11. The molecule has 0 aliphatic carbocycles. The first-order valence-corrected chi connectivity index (χ1v) is 10.5. The lowest BCUT2D eigenvalue weighted by molar-refractivity contribution is 0.0697. The topological polar surface area (TPSA) is 67.8 Å². The molecule has 0 aromatic heterocycles. The fourth-order valence-corrected chi connectivity index (χ4v) is 3.74. The molecule has 0 atom stereocenters. The van der Waals surface area contributed by atoms with Gasteiger partial charge in [0.15, 0.2) is 11.5 Å². The normalized spacial score (nSPS) is 10.6. The van der Waals surface area contributed by atoms with Gasteiger partial charge in [0.05, 0.1) is 22.7 Å². The molecular weight excluding hydrogens is 512 g/mol. The minimum atomic E-state index is -1.09. The number of methoxy groups -OCH3 is 1. The van der Waals surface area contributed by atoms with E-state index in [1.165, 1.54) is 25.3 Å². The van der Waals surface area contributed by atoms with Crippen molar-refractivity contribution >= 4 is 50.8 Å². The number of aromatic carboxylic acids is 1. The molecule has 0 saturated carbocycles. The Labute approximate surface area is 196 Å². The van der Waals surface area contributed by atoms with Crippen LogP contribution in [0.25, 0.3) is 0 Å². The zero-order chi connectivity index (χ0) is 22.5. The molecule has 0 bridgehead atoms. The molecule has 9 heteroatoms. The lowest BCUT2D eigenvalue weighted by Crippen LogP contribution is -2.04. The van der Waals surface area contributed by atoms with E-state index in [0.717, 1.165) is 10.0 Å². The molecule has 0 fully saturated rings. The number of carbonyl (C=O) groups is 1. The molecule has 0 amide bonds. The molecule has 0 aliphatic heterocycles. The number of carboxylic acids is 1. The fourth-order valence-electron chi connectivity index (χ4n) is 2.80. The number of rotatable bonds is 8. The number of halogens is 4. The maximum Gasteiger partial charge on any atom is 0.337 e. The van der Waals surface area contributed by atoms with E-state index in [1.54, 1.807) is 30.3 Å². The van der Waals surface area contributed by atoms with Crippen LogP contribution in [0.3, 0.4) is 0 Å². The molecule has 0 aliphatic rings. The number of nitrogens with one attached hydrogen (secondary N) is 1. The highest BCUT2D eigenvalue weighted by atomic mass is 79.9. The summed E-state index contributed by atoms with van der Waals surface area (Å²) in [7, 11) is 1.51. The second kappa shape index (κ2) is 10.2. The molecule has 0 spiro atoms. The second-order valence-electron chi connectivity index (χ2n) is 6.44. The number of ether oxygens (including phenoxy) is 2. The van der Waals surface area contributed by atoms with Gasteiger partial charge in [-0.25, -0.2) is 9.18 Å². The first kappa shape index (κ1) is 23.2. The van der Waals surface area contributed by atoms with Crippen LogP contribution in [0.2, 0.25) is 10.0 Å². The Kier molecular flexibility index (Phi) is 7.64. The van der Waals surface area contributed by atoms with Crippen molar-refractivity contribution in [3.8, 4) is 11.5 Å². The standard InChI is InChI=1S/C22H17BrCl2FNO4/c1-30-20-7-12(10-27-13-5-6-14(22(28)29)18(25)8-13)16(23)9-21(20)31-11-15-17(24)3-2-4-19(15)26/h2-9,27H,10-11H2,1H3,(H,28,29). The summed E-state index contributed by atoms with van der Waals surface area (Å²) in [5, 5.41) is 12.7. The smallest absolute Gasteiger partial charge is 0.337 e. The summed E-state index contributed by atoms with van der Waals surface area (Å²) in [6, 6.07) is 12.6. The maximum absolute atomic E-state index is 14.0. The Morgan fingerprint density at radius 1 is 1.13 bits per heavy atom. The molecule has 2 N–H and O–H groups in total. The summed E-state index contributed by atoms with van der Waals surface area (Å²) in [4.78, 5) is 11.1. The first-order valence-electron chi connectivity index (χ1n) is 8.99. The van der Waals surface area contributed by atoms with Crippen LogP contribution < -0.4 is 14.8 Å². The zero-order valence-electron chi connectivity index (χ0n) is 16.2. The third-order valence-electron chi connectivity index (χ3n) is 4.45. The minimum absolute atomic E-state index is 0.0338. The number of anilines is 1. The van der Waals surface area contributed by atoms with Gasteiger partial charge in [-0.15, -0.1) is 0 Å². The van der Waals surface area contributed by atoms with E-state index in [-0.39, 0.29) is 27.8 Å². The van der Waals surface area contributed by atoms with Crippen molar-refractivity contribution in [3.63, 3.8) is 0 Å². The number of hydrogen-bond acceptors (Lipinski definition) is 4. The average Bonchev–Trinajstić information content (AvgIpc) is 2.72. The molecule has 3 aromatic rings. The molecule has 31 heavy (non-hydrogen) atoms. The zero-order valence-corrected chi connectivity index (χ0v) is 19.3. The van der Waals surface area contributed by atoms with Crippen molar-refractivity contribution in [3.05, 3.63) is 85.6 Å². The predicted octanol–water partition coefficient (Wildman–Crippen LogP) is 6.79. The van der Waals surface area contributed by atoms with Gasteiger partial charge in [-0.2, -0.15) is 0 Å². The van der Waals surface area contributed by atoms with Crippen molar-refractivity contribution in [1.82, 2.24) is 0 Å². The van der Waals surface area contributed by atoms with E-state index < -0.39 is 11.8 Å². The highest BCUT2D eigenvalue weighted by Gasteiger charge is 2.14. The van der Waals surface area contributed by atoms with Crippen LogP contribution in [0.5, 0.6) is 11.5 Å². The van der Waals surface area contributed by atoms with Crippen molar-refractivity contribution < 1.29 is 23.8 Å². The Bertz CT molecular complexity index is 1110. The third-order valence-corrected chi connectivity index (χ3v) is 5.85. The first-order chi connectivity index (χ1) is 14.8. The van der Waals surface area contributed by atoms with Crippen LogP contribution in [0.1, 0.15) is 21.5 Å². The third kappa shape index (κ3) is 5.61. The largest absolute Gasteiger partial charge is 0.493 e. The van der Waals surface area contributed by atoms with Crippen molar-refractivity contribution in [1.29, 1.82) is 0 Å². The molecule has 0 unspecified atom stereocenters. The molecule has 0 heterocycles. The summed E-state index contributed by atoms with van der Waals surface area (Å²) in [5.41, 5.74) is 1.81. The molecular formula is C22H17BrCl2FNO4. The molecule has 3 rings (SSSR count). The van der Waals surface area contributed by atoms with Gasteiger partial charge in [0.2, 0.25) is 0 Å². The Balaban J connectivity index is 1.75. The van der Waals surface area contributed by atoms with Gasteiger partial charge in [-0.05, 0) is 48.0 Å². The van der Waals surface area contributed by atoms with Gasteiger partial charge in [0, 0.05) is 22.3 Å². The quantitative estimate of drug-likeness (QED) is 0.337. The van der Waals surface area contributed by atoms with Crippen LogP contribution in [0.4, 0.5) is 10.1 Å². The molecule has 0 radical (unpaired) electrons. The Morgan fingerprint density at radius 2 is 1.90 bits per heavy atom. The summed E-state index contributed by atoms with van der Waals surface area (Å²) < 4.78 is 25.9. The number of hydrogen-bond donors (Lipinski definition) is 2. The monoisotopic (exact) mass is 527 g/mol. The number of benzene rings is 3. The fraction of sp³-hybridized carbons (Fsp3) is 0.136. The molecule has 5 nitrogen and oxygen atoms in total. The van der Waals surface area contributed by atoms with Crippen LogP contribution in [0.15, 0.2) is 53.0 Å². The van der Waals surface area contributed by atoms with Crippen LogP contribution >= 0.6 is 39.1 Å². The average molecular weight is 529 g/mol. The molecule has 162 valence electrons. The SMILES string of the molecule is COc1cc(CNc2ccc(C(=O)O)c(Cl)c2)c(Br)cc1OCc1c(F)cccc1Cl. The van der Waals surface area contributed by atoms with E-state index in [1.807, 2.05) is 0 Å². The Hall–Kier alpha value is -2.48. The van der Waals surface area contributed by atoms with Gasteiger partial charge in [-0.3, -0.25) is 0 Å². The van der Waals surface area contributed by atoms with Crippen LogP contribution in [-0.2, 0) is 13.2 Å². The highest BCUT2D eigenvalue weighted by Crippen LogP contribution is 2.35. The van der Waals surface area contributed by atoms with Crippen LogP contribution in [0, 0.1) is 5.82 Å². The van der Waals surface area contributed by atoms with E-state index in [0.29, 0.717) is 23.7 Å². The summed E-state index contributed by atoms with van der Waals surface area (Å²) in [6.45, 7) is 0.347. The van der Waals surface area contributed by atoms with Gasteiger partial charge < -0.3 is 19.9 Å². The van der Waals surface area contributed by atoms with Crippen molar-refractivity contribution in [2.75, 3.05) is 12.4 Å². The van der Waals surface area contributed by atoms with Gasteiger partial charge in [0.1, 0.15) is 12.4 Å². The minimum Gasteiger partial charge on any atom is -0.493 e. The summed E-state index contributed by atoms with van der Waals surface area (Å²) in [5.74, 6) is -0.645. The van der Waals surface area contributed by atoms with Gasteiger partial charge in [0.25, 0.3) is 0 Å². The van der Waals surface area contributed by atoms with E-state index in [2.05, 4.69) is 21.2 Å². The van der Waals surface area contributed by atoms with E-state index in [4.69, 9.17) is 37.8 Å². The van der Waals surface area contributed by atoms with Crippen molar-refractivity contribution in [2.45, 2.75) is 13.2 Å². The van der Waals surface area contributed by atoms with Gasteiger partial charge >= 0.3 is 5.97 Å². The van der Waals surface area contributed by atoms with Crippen LogP contribution in [-0.4, -0.2) is 18.2 Å². The van der Waals surface area contributed by atoms with E-state index in [9.17, 15) is 9.18 Å². The summed E-state index contributed by atoms with van der Waals surface area (Å²) in [6.07, 6.45) is 0.